The number of aliphatic hydroxyl groups is 1. The van der Waals surface area contributed by atoms with Crippen molar-refractivity contribution in [2.45, 2.75) is 45.9 Å². The minimum Gasteiger partial charge on any atom is -0.389 e. The molecule has 4 heteroatoms. The van der Waals surface area contributed by atoms with Crippen LogP contribution < -0.4 is 5.73 Å². The number of nitrogens with two attached hydrogens (primary N) is 1. The van der Waals surface area contributed by atoms with Crippen LogP contribution >= 0.6 is 0 Å². The van der Waals surface area contributed by atoms with Crippen LogP contribution in [0.15, 0.2) is 6.20 Å². The summed E-state index contributed by atoms with van der Waals surface area (Å²) < 4.78 is 1.93. The molecule has 0 saturated heterocycles. The van der Waals surface area contributed by atoms with Gasteiger partial charge in [-0.25, -0.2) is 4.98 Å². The van der Waals surface area contributed by atoms with Gasteiger partial charge in [0.2, 0.25) is 0 Å². The summed E-state index contributed by atoms with van der Waals surface area (Å²) in [6, 6.07) is -0.0586. The Labute approximate surface area is 84.8 Å². The highest BCUT2D eigenvalue weighted by Gasteiger charge is 2.16. The van der Waals surface area contributed by atoms with Gasteiger partial charge in [-0.15, -0.1) is 0 Å². The molecule has 1 rings (SSSR count). The molecule has 0 bridgehead atoms. The average molecular weight is 197 g/mol. The van der Waals surface area contributed by atoms with Crippen LogP contribution in [0.2, 0.25) is 0 Å². The molecule has 1 heterocycles. The number of aromatic nitrogens is 2. The largest absolute Gasteiger partial charge is 0.389 e. The predicted octanol–water partition coefficient (Wildman–Crippen LogP) is 0.982. The van der Waals surface area contributed by atoms with E-state index in [-0.39, 0.29) is 6.04 Å². The van der Waals surface area contributed by atoms with E-state index in [2.05, 4.69) is 4.98 Å². The van der Waals surface area contributed by atoms with E-state index in [1.54, 1.807) is 13.8 Å². The van der Waals surface area contributed by atoms with E-state index in [1.165, 1.54) is 0 Å². The van der Waals surface area contributed by atoms with Gasteiger partial charge in [-0.2, -0.15) is 0 Å². The SMILES string of the molecule is Cc1nc([C@@H](C)N)cn1CC(C)(C)O. The van der Waals surface area contributed by atoms with Gasteiger partial charge in [0.25, 0.3) is 0 Å². The van der Waals surface area contributed by atoms with Crippen LogP contribution in [0.5, 0.6) is 0 Å². The number of hydrogen-bond acceptors (Lipinski definition) is 3. The quantitative estimate of drug-likeness (QED) is 0.759. The zero-order valence-electron chi connectivity index (χ0n) is 9.28. The van der Waals surface area contributed by atoms with Crippen LogP contribution in [-0.4, -0.2) is 20.3 Å². The Balaban J connectivity index is 2.88. The summed E-state index contributed by atoms with van der Waals surface area (Å²) in [6.45, 7) is 7.91. The second-order valence-electron chi connectivity index (χ2n) is 4.44. The van der Waals surface area contributed by atoms with E-state index in [1.807, 2.05) is 24.6 Å². The smallest absolute Gasteiger partial charge is 0.105 e. The van der Waals surface area contributed by atoms with Crippen molar-refractivity contribution in [2.24, 2.45) is 5.73 Å². The molecular weight excluding hydrogens is 178 g/mol. The molecule has 0 spiro atoms. The Morgan fingerprint density at radius 1 is 1.64 bits per heavy atom. The third-order valence-corrected chi connectivity index (χ3v) is 2.02. The molecule has 0 aliphatic rings. The molecule has 0 fully saturated rings. The van der Waals surface area contributed by atoms with Gasteiger partial charge in [0.1, 0.15) is 5.82 Å². The summed E-state index contributed by atoms with van der Waals surface area (Å²) in [6.07, 6.45) is 1.90. The van der Waals surface area contributed by atoms with E-state index in [0.717, 1.165) is 11.5 Å². The molecular formula is C10H19N3O. The zero-order valence-corrected chi connectivity index (χ0v) is 9.28. The predicted molar refractivity (Wildman–Crippen MR) is 55.9 cm³/mol. The van der Waals surface area contributed by atoms with Crippen molar-refractivity contribution in [1.29, 1.82) is 0 Å². The topological polar surface area (TPSA) is 64.1 Å². The van der Waals surface area contributed by atoms with Crippen molar-refractivity contribution in [3.8, 4) is 0 Å². The normalized spacial score (nSPS) is 14.4. The van der Waals surface area contributed by atoms with Crippen molar-refractivity contribution in [3.63, 3.8) is 0 Å². The van der Waals surface area contributed by atoms with E-state index < -0.39 is 5.60 Å². The number of rotatable bonds is 3. The first-order chi connectivity index (χ1) is 6.29. The lowest BCUT2D eigenvalue weighted by atomic mass is 10.1. The molecule has 0 aromatic carbocycles. The Bertz CT molecular complexity index is 310. The molecule has 0 saturated carbocycles. The summed E-state index contributed by atoms with van der Waals surface area (Å²) in [5.41, 5.74) is 5.87. The molecule has 0 amide bonds. The highest BCUT2D eigenvalue weighted by molar-refractivity contribution is 5.07. The Morgan fingerprint density at radius 2 is 2.21 bits per heavy atom. The van der Waals surface area contributed by atoms with Crippen molar-refractivity contribution in [1.82, 2.24) is 9.55 Å². The lowest BCUT2D eigenvalue weighted by Crippen LogP contribution is -2.26. The van der Waals surface area contributed by atoms with Crippen molar-refractivity contribution in [2.75, 3.05) is 0 Å². The lowest BCUT2D eigenvalue weighted by Gasteiger charge is -2.18. The number of imidazole rings is 1. The molecule has 0 unspecified atom stereocenters. The molecule has 1 aromatic rings. The van der Waals surface area contributed by atoms with Gasteiger partial charge in [0, 0.05) is 12.2 Å². The Morgan fingerprint density at radius 3 is 2.57 bits per heavy atom. The van der Waals surface area contributed by atoms with Crippen LogP contribution in [0.4, 0.5) is 0 Å². The van der Waals surface area contributed by atoms with Gasteiger partial charge in [0.05, 0.1) is 17.8 Å². The van der Waals surface area contributed by atoms with Gasteiger partial charge in [-0.05, 0) is 27.7 Å². The van der Waals surface area contributed by atoms with Gasteiger partial charge in [-0.3, -0.25) is 0 Å². The van der Waals surface area contributed by atoms with Crippen molar-refractivity contribution >= 4 is 0 Å². The second kappa shape index (κ2) is 3.71. The van der Waals surface area contributed by atoms with E-state index in [0.29, 0.717) is 6.54 Å². The molecule has 0 radical (unpaired) electrons. The summed E-state index contributed by atoms with van der Waals surface area (Å²) >= 11 is 0. The molecule has 1 aromatic heterocycles. The van der Waals surface area contributed by atoms with Crippen LogP contribution in [-0.2, 0) is 6.54 Å². The van der Waals surface area contributed by atoms with Crippen LogP contribution in [0.25, 0.3) is 0 Å². The molecule has 0 aliphatic heterocycles. The fourth-order valence-electron chi connectivity index (χ4n) is 1.33. The molecule has 80 valence electrons. The standard InChI is InChI=1S/C10H19N3O/c1-7(11)9-5-13(8(2)12-9)6-10(3,4)14/h5,7,14H,6,11H2,1-4H3/t7-/m1/s1. The maximum atomic E-state index is 9.66. The lowest BCUT2D eigenvalue weighted by molar-refractivity contribution is 0.0608. The Hall–Kier alpha value is -0.870. The second-order valence-corrected chi connectivity index (χ2v) is 4.44. The first kappa shape index (κ1) is 11.2. The molecule has 4 nitrogen and oxygen atoms in total. The number of nitrogens with zero attached hydrogens (tertiary/aromatic N) is 2. The minimum absolute atomic E-state index is 0.0586. The molecule has 3 N–H and O–H groups in total. The summed E-state index contributed by atoms with van der Waals surface area (Å²) in [5.74, 6) is 0.888. The van der Waals surface area contributed by atoms with Gasteiger partial charge < -0.3 is 15.4 Å². The van der Waals surface area contributed by atoms with Gasteiger partial charge in [0.15, 0.2) is 0 Å². The van der Waals surface area contributed by atoms with Crippen molar-refractivity contribution < 1.29 is 5.11 Å². The van der Waals surface area contributed by atoms with E-state index in [4.69, 9.17) is 5.73 Å². The minimum atomic E-state index is -0.722. The molecule has 14 heavy (non-hydrogen) atoms. The monoisotopic (exact) mass is 197 g/mol. The van der Waals surface area contributed by atoms with Crippen LogP contribution in [0, 0.1) is 6.92 Å². The summed E-state index contributed by atoms with van der Waals surface area (Å²) in [7, 11) is 0. The highest BCUT2D eigenvalue weighted by Crippen LogP contribution is 2.13. The third-order valence-electron chi connectivity index (χ3n) is 2.02. The fourth-order valence-corrected chi connectivity index (χ4v) is 1.33. The van der Waals surface area contributed by atoms with Crippen LogP contribution in [0.1, 0.15) is 38.3 Å². The first-order valence-corrected chi connectivity index (χ1v) is 4.81. The third kappa shape index (κ3) is 2.82. The summed E-state index contributed by atoms with van der Waals surface area (Å²) in [4.78, 5) is 4.32. The average Bonchev–Trinajstić information content (AvgIpc) is 2.29. The molecule has 0 aliphatic carbocycles. The van der Waals surface area contributed by atoms with E-state index in [9.17, 15) is 5.11 Å². The maximum Gasteiger partial charge on any atom is 0.105 e. The van der Waals surface area contributed by atoms with Crippen molar-refractivity contribution in [3.05, 3.63) is 17.7 Å². The summed E-state index contributed by atoms with van der Waals surface area (Å²) in [5, 5.41) is 9.66. The number of aryl methyl sites for hydroxylation is 1. The van der Waals surface area contributed by atoms with Crippen LogP contribution in [0.3, 0.4) is 0 Å². The van der Waals surface area contributed by atoms with E-state index >= 15 is 0 Å². The highest BCUT2D eigenvalue weighted by atomic mass is 16.3. The Kier molecular flexibility index (Phi) is 2.97. The maximum absolute atomic E-state index is 9.66. The number of hydrogen-bond donors (Lipinski definition) is 2. The fraction of sp³-hybridized carbons (Fsp3) is 0.700. The van der Waals surface area contributed by atoms with Gasteiger partial charge in [-0.1, -0.05) is 0 Å². The molecule has 1 atom stereocenters. The van der Waals surface area contributed by atoms with Gasteiger partial charge >= 0.3 is 0 Å². The first-order valence-electron chi connectivity index (χ1n) is 4.81. The zero-order chi connectivity index (χ0) is 10.9.